The summed E-state index contributed by atoms with van der Waals surface area (Å²) >= 11 is 6.49. The molecule has 4 aromatic heterocycles. The number of hydrogen-bond acceptors (Lipinski definition) is 9. The van der Waals surface area contributed by atoms with Gasteiger partial charge in [-0.25, -0.2) is 9.97 Å². The quantitative estimate of drug-likeness (QED) is 0.289. The molecular weight excluding hydrogens is 636 g/mol. The van der Waals surface area contributed by atoms with Crippen molar-refractivity contribution in [3.05, 3.63) is 80.5 Å². The highest BCUT2D eigenvalue weighted by Gasteiger charge is 2.49. The molecule has 2 aliphatic carbocycles. The first-order chi connectivity index (χ1) is 23.2. The van der Waals surface area contributed by atoms with Gasteiger partial charge in [0, 0.05) is 47.6 Å². The average Bonchev–Trinajstić information content (AvgIpc) is 3.77. The molecule has 13 nitrogen and oxygen atoms in total. The lowest BCUT2D eigenvalue weighted by molar-refractivity contribution is -0.116. The predicted molar refractivity (Wildman–Crippen MR) is 176 cm³/mol. The molecule has 2 fully saturated rings. The molecule has 1 atom stereocenters. The number of pyridine rings is 2. The second kappa shape index (κ2) is 11.8. The highest BCUT2D eigenvalue weighted by Crippen LogP contribution is 2.50. The van der Waals surface area contributed by atoms with E-state index in [1.54, 1.807) is 17.0 Å². The van der Waals surface area contributed by atoms with Crippen molar-refractivity contribution in [1.82, 2.24) is 34.0 Å². The first kappa shape index (κ1) is 30.7. The van der Waals surface area contributed by atoms with Crippen LogP contribution in [0.3, 0.4) is 0 Å². The number of carbonyl (C=O) groups excluding carboxylic acids is 2. The average molecular weight is 671 g/mol. The maximum atomic E-state index is 14.4. The molecule has 6 heterocycles. The molecule has 2 aliphatic heterocycles. The van der Waals surface area contributed by atoms with Crippen molar-refractivity contribution in [1.29, 1.82) is 0 Å². The van der Waals surface area contributed by atoms with E-state index in [2.05, 4.69) is 22.2 Å². The zero-order valence-electron chi connectivity index (χ0n) is 26.5. The third-order valence-electron chi connectivity index (χ3n) is 10.2. The van der Waals surface area contributed by atoms with E-state index in [1.165, 1.54) is 16.8 Å². The molecule has 0 aromatic carbocycles. The van der Waals surface area contributed by atoms with Crippen LogP contribution in [0.15, 0.2) is 41.3 Å². The number of rotatable bonds is 6. The number of piperidine rings is 1. The summed E-state index contributed by atoms with van der Waals surface area (Å²) < 4.78 is 8.64. The molecule has 2 N–H and O–H groups in total. The van der Waals surface area contributed by atoms with Gasteiger partial charge in [0.2, 0.25) is 11.7 Å². The molecule has 1 saturated carbocycles. The lowest BCUT2D eigenvalue weighted by Gasteiger charge is -2.39. The Bertz CT molecular complexity index is 2060. The molecular formula is C34H35ClN8O5. The van der Waals surface area contributed by atoms with E-state index < -0.39 is 5.41 Å². The van der Waals surface area contributed by atoms with Crippen molar-refractivity contribution in [2.75, 3.05) is 31.6 Å². The molecule has 1 unspecified atom stereocenters. The summed E-state index contributed by atoms with van der Waals surface area (Å²) in [6.45, 7) is 3.69. The van der Waals surface area contributed by atoms with Crippen molar-refractivity contribution in [3.63, 3.8) is 0 Å². The van der Waals surface area contributed by atoms with Gasteiger partial charge < -0.3 is 24.6 Å². The van der Waals surface area contributed by atoms with E-state index in [9.17, 15) is 19.5 Å². The number of aromatic nitrogens is 6. The van der Waals surface area contributed by atoms with Gasteiger partial charge in [-0.2, -0.15) is 9.50 Å². The monoisotopic (exact) mass is 670 g/mol. The van der Waals surface area contributed by atoms with Crippen molar-refractivity contribution in [3.8, 4) is 5.75 Å². The second-order valence-corrected chi connectivity index (χ2v) is 13.7. The predicted octanol–water partition coefficient (Wildman–Crippen LogP) is 4.04. The fraction of sp³-hybridized carbons (Fsp3) is 0.441. The summed E-state index contributed by atoms with van der Waals surface area (Å²) in [5.41, 5.74) is 2.86. The minimum atomic E-state index is -0.531. The Morgan fingerprint density at radius 3 is 2.69 bits per heavy atom. The van der Waals surface area contributed by atoms with Gasteiger partial charge >= 0.3 is 0 Å². The number of carbonyl (C=O) groups is 2. The number of anilines is 1. The van der Waals surface area contributed by atoms with Crippen molar-refractivity contribution in [2.24, 2.45) is 0 Å². The number of nitrogens with zero attached hydrogens (tertiary/aromatic N) is 7. The van der Waals surface area contributed by atoms with Gasteiger partial charge in [-0.1, -0.05) is 24.6 Å². The molecule has 4 aromatic rings. The number of nitrogens with one attached hydrogen (secondary N) is 1. The molecule has 0 bridgehead atoms. The summed E-state index contributed by atoms with van der Waals surface area (Å²) in [5.74, 6) is 0.257. The number of amides is 2. The summed E-state index contributed by atoms with van der Waals surface area (Å²) in [6, 6.07) is 6.71. The normalized spacial score (nSPS) is 20.2. The smallest absolute Gasteiger partial charge is 0.279 e. The van der Waals surface area contributed by atoms with Crippen LogP contribution in [0.25, 0.3) is 11.4 Å². The zero-order chi connectivity index (χ0) is 33.2. The molecule has 0 radical (unpaired) electrons. The van der Waals surface area contributed by atoms with Crippen LogP contribution in [0.1, 0.15) is 90.5 Å². The fourth-order valence-corrected chi connectivity index (χ4v) is 7.88. The highest BCUT2D eigenvalue weighted by atomic mass is 35.5. The van der Waals surface area contributed by atoms with E-state index in [1.807, 2.05) is 16.7 Å². The zero-order valence-corrected chi connectivity index (χ0v) is 27.2. The van der Waals surface area contributed by atoms with Crippen LogP contribution in [-0.2, 0) is 21.5 Å². The third kappa shape index (κ3) is 5.25. The first-order valence-electron chi connectivity index (χ1n) is 16.4. The van der Waals surface area contributed by atoms with E-state index in [4.69, 9.17) is 26.4 Å². The van der Waals surface area contributed by atoms with Gasteiger partial charge in [-0.3, -0.25) is 14.4 Å². The Hall–Kier alpha value is -4.62. The number of likely N-dealkylation sites (tertiary alicyclic amines) is 1. The lowest BCUT2D eigenvalue weighted by atomic mass is 9.73. The molecule has 48 heavy (non-hydrogen) atoms. The third-order valence-corrected chi connectivity index (χ3v) is 10.5. The standard InChI is InChI=1S/C34H35ClN8O5/c1-19-17-34(10-13-41(14-11-34)32(47)27-24(44)3-2-12-36-27)26-28(19)42(18-25(45)37-23-7-6-22(20-4-5-20)38-29(23)35)33-39-30(40-43(33)31(26)46)21-8-15-48-16-9-21/h2-3,6-8,12,19-20,44H,4-5,9-11,13-18H2,1H3,(H,37,45). The maximum absolute atomic E-state index is 14.4. The molecule has 1 saturated heterocycles. The minimum Gasteiger partial charge on any atom is -0.505 e. The Morgan fingerprint density at radius 2 is 1.98 bits per heavy atom. The lowest BCUT2D eigenvalue weighted by Crippen LogP contribution is -2.46. The van der Waals surface area contributed by atoms with Crippen LogP contribution in [0.2, 0.25) is 5.15 Å². The highest BCUT2D eigenvalue weighted by molar-refractivity contribution is 6.32. The van der Waals surface area contributed by atoms with E-state index in [-0.39, 0.29) is 46.4 Å². The van der Waals surface area contributed by atoms with E-state index in [0.717, 1.165) is 29.8 Å². The summed E-state index contributed by atoms with van der Waals surface area (Å²) in [5, 5.41) is 18.1. The molecule has 14 heteroatoms. The number of ether oxygens (including phenoxy) is 1. The minimum absolute atomic E-state index is 0.0127. The number of fused-ring (bicyclic) bond motifs is 3. The molecule has 2 amide bonds. The Balaban J connectivity index is 1.16. The summed E-state index contributed by atoms with van der Waals surface area (Å²) in [4.78, 5) is 56.5. The van der Waals surface area contributed by atoms with Gasteiger partial charge in [-0.05, 0) is 74.3 Å². The van der Waals surface area contributed by atoms with E-state index in [0.29, 0.717) is 80.8 Å². The van der Waals surface area contributed by atoms with Crippen LogP contribution in [0.5, 0.6) is 5.75 Å². The van der Waals surface area contributed by atoms with Crippen LogP contribution in [0, 0.1) is 0 Å². The molecule has 4 aliphatic rings. The second-order valence-electron chi connectivity index (χ2n) is 13.3. The molecule has 8 rings (SSSR count). The van der Waals surface area contributed by atoms with Gasteiger partial charge in [-0.15, -0.1) is 5.10 Å². The first-order valence-corrected chi connectivity index (χ1v) is 16.8. The number of hydrogen-bond donors (Lipinski definition) is 2. The SMILES string of the molecule is CC1CC2(CCN(C(=O)c3ncccc3O)CC2)c2c1n(CC(=O)Nc1ccc(C3CC3)nc1Cl)c1nc(C3=CCOCC3)nn1c2=O. The fourth-order valence-electron chi connectivity index (χ4n) is 7.68. The van der Waals surface area contributed by atoms with Crippen LogP contribution in [0.4, 0.5) is 5.69 Å². The van der Waals surface area contributed by atoms with Crippen LogP contribution >= 0.6 is 11.6 Å². The molecule has 1 spiro atoms. The van der Waals surface area contributed by atoms with Gasteiger partial charge in [0.15, 0.2) is 16.7 Å². The number of aromatic hydroxyl groups is 1. The summed E-state index contributed by atoms with van der Waals surface area (Å²) in [6.07, 6.45) is 7.95. The van der Waals surface area contributed by atoms with Gasteiger partial charge in [0.25, 0.3) is 11.5 Å². The Labute approximate surface area is 280 Å². The van der Waals surface area contributed by atoms with Crippen molar-refractivity contribution < 1.29 is 19.4 Å². The van der Waals surface area contributed by atoms with Crippen molar-refractivity contribution in [2.45, 2.75) is 69.2 Å². The van der Waals surface area contributed by atoms with Crippen LogP contribution < -0.4 is 10.9 Å². The maximum Gasteiger partial charge on any atom is 0.279 e. The van der Waals surface area contributed by atoms with Gasteiger partial charge in [0.1, 0.15) is 12.3 Å². The Kier molecular flexibility index (Phi) is 7.55. The number of halogens is 1. The topological polar surface area (TPSA) is 157 Å². The van der Waals surface area contributed by atoms with Gasteiger partial charge in [0.05, 0.1) is 18.9 Å². The summed E-state index contributed by atoms with van der Waals surface area (Å²) in [7, 11) is 0. The Morgan fingerprint density at radius 1 is 1.17 bits per heavy atom. The van der Waals surface area contributed by atoms with Crippen LogP contribution in [-0.4, -0.2) is 77.3 Å². The largest absolute Gasteiger partial charge is 0.505 e. The van der Waals surface area contributed by atoms with Crippen molar-refractivity contribution >= 4 is 40.5 Å². The molecule has 248 valence electrons. The van der Waals surface area contributed by atoms with E-state index >= 15 is 0 Å².